The van der Waals surface area contributed by atoms with Gasteiger partial charge in [0.2, 0.25) is 15.9 Å². The first-order valence-corrected chi connectivity index (χ1v) is 10.3. The zero-order chi connectivity index (χ0) is 21.8. The number of carbonyl (C=O) groups excluding carboxylic acids is 1. The lowest BCUT2D eigenvalue weighted by Gasteiger charge is -2.18. The summed E-state index contributed by atoms with van der Waals surface area (Å²) in [4.78, 5) is 12.4. The first-order chi connectivity index (χ1) is 13.6. The van der Waals surface area contributed by atoms with Crippen LogP contribution in [-0.4, -0.2) is 53.6 Å². The maximum absolute atomic E-state index is 12.7. The smallest absolute Gasteiger partial charge is 0.243 e. The molecule has 29 heavy (non-hydrogen) atoms. The molecule has 0 aromatic heterocycles. The fourth-order valence-electron chi connectivity index (χ4n) is 2.42. The lowest BCUT2D eigenvalue weighted by atomic mass is 10.2. The number of methoxy groups -OCH3 is 3. The molecule has 0 saturated heterocycles. The third-order valence-electron chi connectivity index (χ3n) is 3.95. The Morgan fingerprint density at radius 3 is 2.10 bits per heavy atom. The summed E-state index contributed by atoms with van der Waals surface area (Å²) >= 11 is 12.0. The summed E-state index contributed by atoms with van der Waals surface area (Å²) in [6.07, 6.45) is 0. The van der Waals surface area contributed by atoms with Gasteiger partial charge in [-0.25, -0.2) is 8.42 Å². The minimum Gasteiger partial charge on any atom is -0.495 e. The number of nitrogens with one attached hydrogen (secondary N) is 1. The fourth-order valence-corrected chi connectivity index (χ4v) is 4.13. The monoisotopic (exact) mass is 462 g/mol. The molecule has 0 saturated carbocycles. The largest absolute Gasteiger partial charge is 0.495 e. The van der Waals surface area contributed by atoms with Crippen molar-refractivity contribution < 1.29 is 27.4 Å². The van der Waals surface area contributed by atoms with Gasteiger partial charge in [-0.05, 0) is 18.2 Å². The number of rotatable bonds is 8. The summed E-state index contributed by atoms with van der Waals surface area (Å²) < 4.78 is 41.7. The van der Waals surface area contributed by atoms with Crippen LogP contribution < -0.4 is 19.5 Å². The Morgan fingerprint density at radius 2 is 1.55 bits per heavy atom. The van der Waals surface area contributed by atoms with Gasteiger partial charge < -0.3 is 19.5 Å². The molecule has 0 fully saturated rings. The van der Waals surface area contributed by atoms with Gasteiger partial charge in [-0.1, -0.05) is 23.2 Å². The van der Waals surface area contributed by atoms with E-state index in [1.807, 2.05) is 0 Å². The Bertz CT molecular complexity index is 1010. The Labute approximate surface area is 179 Å². The van der Waals surface area contributed by atoms with Crippen LogP contribution in [0.25, 0.3) is 0 Å². The van der Waals surface area contributed by atoms with Crippen molar-refractivity contribution in [1.82, 2.24) is 4.31 Å². The van der Waals surface area contributed by atoms with Crippen LogP contribution in [0.15, 0.2) is 35.2 Å². The molecule has 0 radical (unpaired) electrons. The highest BCUT2D eigenvalue weighted by Gasteiger charge is 2.24. The minimum atomic E-state index is -3.95. The number of amides is 1. The van der Waals surface area contributed by atoms with E-state index in [1.165, 1.54) is 58.7 Å². The number of carbonyl (C=O) groups is 1. The topological polar surface area (TPSA) is 94.2 Å². The molecule has 1 N–H and O–H groups in total. The number of likely N-dealkylation sites (N-methyl/N-ethyl adjacent to an activating group) is 1. The standard InChI is InChI=1S/C18H20Cl2N2O6S/c1-22(29(24,25)11-5-6-15(26-2)12(19)7-11)10-18(23)21-14-9-16(27-3)13(20)8-17(14)28-4/h5-9H,10H2,1-4H3,(H,21,23). The van der Waals surface area contributed by atoms with Crippen LogP contribution in [0.5, 0.6) is 17.2 Å². The van der Waals surface area contributed by atoms with E-state index >= 15 is 0 Å². The second-order valence-corrected chi connectivity index (χ2v) is 8.65. The molecule has 2 aromatic carbocycles. The Balaban J connectivity index is 2.19. The van der Waals surface area contributed by atoms with Crippen molar-refractivity contribution in [2.24, 2.45) is 0 Å². The van der Waals surface area contributed by atoms with Gasteiger partial charge in [0.1, 0.15) is 17.2 Å². The number of benzene rings is 2. The van der Waals surface area contributed by atoms with Crippen molar-refractivity contribution in [3.05, 3.63) is 40.4 Å². The second kappa shape index (κ2) is 9.53. The summed E-state index contributed by atoms with van der Waals surface area (Å²) in [5, 5.41) is 3.04. The van der Waals surface area contributed by atoms with Crippen LogP contribution in [0.1, 0.15) is 0 Å². The van der Waals surface area contributed by atoms with E-state index < -0.39 is 22.5 Å². The van der Waals surface area contributed by atoms with Crippen molar-refractivity contribution >= 4 is 44.8 Å². The minimum absolute atomic E-state index is 0.0654. The molecule has 11 heteroatoms. The average Bonchev–Trinajstić information content (AvgIpc) is 2.68. The molecule has 0 aliphatic carbocycles. The molecule has 2 rings (SSSR count). The quantitative estimate of drug-likeness (QED) is 0.646. The van der Waals surface area contributed by atoms with Crippen LogP contribution in [0, 0.1) is 0 Å². The fraction of sp³-hybridized carbons (Fsp3) is 0.278. The van der Waals surface area contributed by atoms with Crippen LogP contribution >= 0.6 is 23.2 Å². The number of ether oxygens (including phenoxy) is 3. The summed E-state index contributed by atoms with van der Waals surface area (Å²) in [6.45, 7) is -0.444. The molecule has 0 heterocycles. The third-order valence-corrected chi connectivity index (χ3v) is 6.34. The summed E-state index contributed by atoms with van der Waals surface area (Å²) in [5.74, 6) is 0.390. The zero-order valence-electron chi connectivity index (χ0n) is 16.2. The van der Waals surface area contributed by atoms with Crippen LogP contribution in [-0.2, 0) is 14.8 Å². The predicted molar refractivity (Wildman–Crippen MR) is 111 cm³/mol. The number of sulfonamides is 1. The van der Waals surface area contributed by atoms with Crippen molar-refractivity contribution in [3.8, 4) is 17.2 Å². The number of hydrogen-bond acceptors (Lipinski definition) is 6. The van der Waals surface area contributed by atoms with Crippen LogP contribution in [0.2, 0.25) is 10.0 Å². The first kappa shape index (κ1) is 23.1. The lowest BCUT2D eigenvalue weighted by Crippen LogP contribution is -2.35. The molecule has 8 nitrogen and oxygen atoms in total. The number of hydrogen-bond donors (Lipinski definition) is 1. The maximum Gasteiger partial charge on any atom is 0.243 e. The van der Waals surface area contributed by atoms with Gasteiger partial charge in [0, 0.05) is 19.2 Å². The summed E-state index contributed by atoms with van der Waals surface area (Å²) in [5.41, 5.74) is 0.289. The highest BCUT2D eigenvalue weighted by Crippen LogP contribution is 2.36. The Hall–Kier alpha value is -2.20. The van der Waals surface area contributed by atoms with Gasteiger partial charge in [-0.3, -0.25) is 4.79 Å². The highest BCUT2D eigenvalue weighted by atomic mass is 35.5. The number of nitrogens with zero attached hydrogens (tertiary/aromatic N) is 1. The van der Waals surface area contributed by atoms with Crippen molar-refractivity contribution in [1.29, 1.82) is 0 Å². The van der Waals surface area contributed by atoms with Gasteiger partial charge in [0.25, 0.3) is 0 Å². The molecule has 0 aliphatic rings. The van der Waals surface area contributed by atoms with E-state index in [-0.39, 0.29) is 15.6 Å². The van der Waals surface area contributed by atoms with Crippen molar-refractivity contribution in [2.45, 2.75) is 4.90 Å². The molecule has 0 spiro atoms. The molecule has 0 bridgehead atoms. The number of halogens is 2. The Kier molecular flexibility index (Phi) is 7.59. The van der Waals surface area contributed by atoms with Crippen LogP contribution in [0.3, 0.4) is 0 Å². The second-order valence-electron chi connectivity index (χ2n) is 5.79. The number of anilines is 1. The molecular weight excluding hydrogens is 443 g/mol. The molecule has 158 valence electrons. The van der Waals surface area contributed by atoms with Gasteiger partial charge in [0.15, 0.2) is 0 Å². The predicted octanol–water partition coefficient (Wildman–Crippen LogP) is 3.28. The van der Waals surface area contributed by atoms with Crippen LogP contribution in [0.4, 0.5) is 5.69 Å². The van der Waals surface area contributed by atoms with E-state index in [1.54, 1.807) is 0 Å². The van der Waals surface area contributed by atoms with Crippen molar-refractivity contribution in [3.63, 3.8) is 0 Å². The molecule has 1 amide bonds. The molecule has 0 aliphatic heterocycles. The highest BCUT2D eigenvalue weighted by molar-refractivity contribution is 7.89. The third kappa shape index (κ3) is 5.24. The van der Waals surface area contributed by atoms with E-state index in [0.29, 0.717) is 22.3 Å². The van der Waals surface area contributed by atoms with Gasteiger partial charge in [0.05, 0.1) is 48.5 Å². The Morgan fingerprint density at radius 1 is 0.966 bits per heavy atom. The first-order valence-electron chi connectivity index (χ1n) is 8.15. The van der Waals surface area contributed by atoms with E-state index in [0.717, 1.165) is 4.31 Å². The summed E-state index contributed by atoms with van der Waals surface area (Å²) in [6, 6.07) is 7.01. The normalized spacial score (nSPS) is 11.3. The van der Waals surface area contributed by atoms with Crippen molar-refractivity contribution in [2.75, 3.05) is 40.2 Å². The molecule has 0 atom stereocenters. The van der Waals surface area contributed by atoms with Gasteiger partial charge in [-0.2, -0.15) is 4.31 Å². The SMILES string of the molecule is COc1ccc(S(=O)(=O)N(C)CC(=O)Nc2cc(OC)c(Cl)cc2OC)cc1Cl. The molecule has 2 aromatic rings. The van der Waals surface area contributed by atoms with E-state index in [4.69, 9.17) is 37.4 Å². The summed E-state index contributed by atoms with van der Waals surface area (Å²) in [7, 11) is 1.60. The van der Waals surface area contributed by atoms with E-state index in [2.05, 4.69) is 5.32 Å². The molecular formula is C18H20Cl2N2O6S. The van der Waals surface area contributed by atoms with Gasteiger partial charge >= 0.3 is 0 Å². The van der Waals surface area contributed by atoms with E-state index in [9.17, 15) is 13.2 Å². The maximum atomic E-state index is 12.7. The molecule has 0 unspecified atom stereocenters. The zero-order valence-corrected chi connectivity index (χ0v) is 18.5. The van der Waals surface area contributed by atoms with Gasteiger partial charge in [-0.15, -0.1) is 0 Å². The lowest BCUT2D eigenvalue weighted by molar-refractivity contribution is -0.116. The average molecular weight is 463 g/mol.